The van der Waals surface area contributed by atoms with Gasteiger partial charge in [-0.15, -0.1) is 0 Å². The highest BCUT2D eigenvalue weighted by Gasteiger charge is 2.32. The predicted molar refractivity (Wildman–Crippen MR) is 131 cm³/mol. The second-order valence-corrected chi connectivity index (χ2v) is 9.66. The monoisotopic (exact) mass is 506 g/mol. The maximum absolute atomic E-state index is 14.9. The molecule has 0 radical (unpaired) electrons. The van der Waals surface area contributed by atoms with Crippen molar-refractivity contribution in [1.29, 1.82) is 0 Å². The lowest BCUT2D eigenvalue weighted by Gasteiger charge is -2.37. The van der Waals surface area contributed by atoms with Gasteiger partial charge in [0, 0.05) is 23.7 Å². The highest BCUT2D eigenvalue weighted by atomic mass is 19.2. The first-order chi connectivity index (χ1) is 17.4. The van der Waals surface area contributed by atoms with Crippen LogP contribution in [0.3, 0.4) is 0 Å². The minimum atomic E-state index is -1.26. The molecule has 0 bridgehead atoms. The van der Waals surface area contributed by atoms with Crippen molar-refractivity contribution in [2.75, 3.05) is 19.8 Å². The third-order valence-electron chi connectivity index (χ3n) is 7.31. The Morgan fingerprint density at radius 2 is 1.61 bits per heavy atom. The summed E-state index contributed by atoms with van der Waals surface area (Å²) in [6.45, 7) is 5.10. The van der Waals surface area contributed by atoms with Crippen molar-refractivity contribution in [2.24, 2.45) is 11.8 Å². The summed E-state index contributed by atoms with van der Waals surface area (Å²) in [6, 6.07) is 5.19. The van der Waals surface area contributed by atoms with Crippen LogP contribution in [0.5, 0.6) is 5.75 Å². The van der Waals surface area contributed by atoms with Gasteiger partial charge in [-0.2, -0.15) is 4.39 Å². The van der Waals surface area contributed by atoms with Gasteiger partial charge in [0.2, 0.25) is 5.82 Å². The second kappa shape index (κ2) is 12.2. The summed E-state index contributed by atoms with van der Waals surface area (Å²) < 4.78 is 75.6. The fraction of sp³-hybridized carbons (Fsp3) is 0.517. The average Bonchev–Trinajstić information content (AvgIpc) is 2.89. The minimum absolute atomic E-state index is 0.159. The highest BCUT2D eigenvalue weighted by molar-refractivity contribution is 5.66. The number of halogens is 4. The quantitative estimate of drug-likeness (QED) is 0.276. The Labute approximate surface area is 210 Å². The molecule has 2 saturated heterocycles. The van der Waals surface area contributed by atoms with Gasteiger partial charge in [0.15, 0.2) is 23.2 Å². The lowest BCUT2D eigenvalue weighted by atomic mass is 9.85. The fourth-order valence-electron chi connectivity index (χ4n) is 5.23. The van der Waals surface area contributed by atoms with Crippen molar-refractivity contribution in [3.05, 3.63) is 65.2 Å². The zero-order chi connectivity index (χ0) is 25.7. The standard InChI is InChI=1S/C29H34F4O3/c1-3-5-21-11-9-20(17-35-21)24-14-7-18(16-36-24)6-8-19-10-12-22(27(31)26(19)30)23-13-15-25(34-4-2)29(33)28(23)32/h3,5,10,12-13,15,18,20-21,24H,4,6-9,11,14,16-17H2,1-2H3/b5-3+. The van der Waals surface area contributed by atoms with Gasteiger partial charge in [0.25, 0.3) is 0 Å². The van der Waals surface area contributed by atoms with Crippen LogP contribution in [0.1, 0.15) is 51.5 Å². The molecule has 2 aromatic carbocycles. The molecule has 0 amide bonds. The van der Waals surface area contributed by atoms with Crippen molar-refractivity contribution >= 4 is 0 Å². The topological polar surface area (TPSA) is 27.7 Å². The normalized spacial score (nSPS) is 24.8. The van der Waals surface area contributed by atoms with Crippen molar-refractivity contribution in [3.63, 3.8) is 0 Å². The number of hydrogen-bond donors (Lipinski definition) is 0. The molecule has 2 aromatic rings. The Morgan fingerprint density at radius 3 is 2.25 bits per heavy atom. The zero-order valence-electron chi connectivity index (χ0n) is 20.9. The third kappa shape index (κ3) is 5.94. The first-order valence-electron chi connectivity index (χ1n) is 12.9. The molecule has 0 N–H and O–H groups in total. The number of hydrogen-bond acceptors (Lipinski definition) is 3. The van der Waals surface area contributed by atoms with E-state index in [1.54, 1.807) is 6.92 Å². The van der Waals surface area contributed by atoms with Crippen molar-refractivity contribution in [1.82, 2.24) is 0 Å². The van der Waals surface area contributed by atoms with Crippen LogP contribution in [-0.4, -0.2) is 32.0 Å². The summed E-state index contributed by atoms with van der Waals surface area (Å²) in [4.78, 5) is 0. The molecule has 36 heavy (non-hydrogen) atoms. The molecular weight excluding hydrogens is 472 g/mol. The van der Waals surface area contributed by atoms with E-state index in [-0.39, 0.29) is 47.2 Å². The van der Waals surface area contributed by atoms with Crippen LogP contribution in [0.25, 0.3) is 11.1 Å². The molecule has 2 aliphatic heterocycles. The largest absolute Gasteiger partial charge is 0.491 e. The molecule has 0 aromatic heterocycles. The lowest BCUT2D eigenvalue weighted by molar-refractivity contribution is -0.0949. The van der Waals surface area contributed by atoms with E-state index in [2.05, 4.69) is 6.08 Å². The van der Waals surface area contributed by atoms with E-state index in [0.717, 1.165) is 25.7 Å². The molecule has 196 valence electrons. The summed E-state index contributed by atoms with van der Waals surface area (Å²) in [7, 11) is 0. The van der Waals surface area contributed by atoms with E-state index in [1.165, 1.54) is 24.3 Å². The van der Waals surface area contributed by atoms with Crippen LogP contribution in [0.15, 0.2) is 36.4 Å². The lowest BCUT2D eigenvalue weighted by Crippen LogP contribution is -2.38. The summed E-state index contributed by atoms with van der Waals surface area (Å²) in [5.41, 5.74) is -0.429. The van der Waals surface area contributed by atoms with Crippen LogP contribution in [0.2, 0.25) is 0 Å². The SMILES string of the molecule is C/C=C/C1CCC(C2CCC(CCc3ccc(-c4ccc(OCC)c(F)c4F)c(F)c3F)CO2)CO1. The zero-order valence-corrected chi connectivity index (χ0v) is 20.9. The Morgan fingerprint density at radius 1 is 0.861 bits per heavy atom. The van der Waals surface area contributed by atoms with E-state index in [4.69, 9.17) is 14.2 Å². The van der Waals surface area contributed by atoms with Gasteiger partial charge in [-0.25, -0.2) is 13.2 Å². The second-order valence-electron chi connectivity index (χ2n) is 9.66. The third-order valence-corrected chi connectivity index (χ3v) is 7.31. The highest BCUT2D eigenvalue weighted by Crippen LogP contribution is 2.35. The van der Waals surface area contributed by atoms with Gasteiger partial charge in [-0.05, 0) is 76.0 Å². The van der Waals surface area contributed by atoms with E-state index in [1.807, 2.05) is 13.0 Å². The van der Waals surface area contributed by atoms with Gasteiger partial charge in [-0.1, -0.05) is 24.3 Å². The van der Waals surface area contributed by atoms with E-state index in [9.17, 15) is 17.6 Å². The number of rotatable bonds is 8. The van der Waals surface area contributed by atoms with Crippen molar-refractivity contribution < 1.29 is 31.8 Å². The van der Waals surface area contributed by atoms with Crippen molar-refractivity contribution in [2.45, 2.75) is 64.6 Å². The Kier molecular flexibility index (Phi) is 9.07. The molecule has 2 heterocycles. The minimum Gasteiger partial charge on any atom is -0.491 e. The Balaban J connectivity index is 1.33. The van der Waals surface area contributed by atoms with Gasteiger partial charge < -0.3 is 14.2 Å². The average molecular weight is 507 g/mol. The van der Waals surface area contributed by atoms with Gasteiger partial charge >= 0.3 is 0 Å². The van der Waals surface area contributed by atoms with Crippen LogP contribution in [-0.2, 0) is 15.9 Å². The first-order valence-corrected chi connectivity index (χ1v) is 12.9. The maximum Gasteiger partial charge on any atom is 0.201 e. The first kappa shape index (κ1) is 26.7. The molecule has 2 fully saturated rings. The number of allylic oxidation sites excluding steroid dienone is 1. The number of benzene rings is 2. The van der Waals surface area contributed by atoms with Crippen molar-refractivity contribution in [3.8, 4) is 16.9 Å². The van der Waals surface area contributed by atoms with Gasteiger partial charge in [0.1, 0.15) is 0 Å². The molecule has 3 nitrogen and oxygen atoms in total. The van der Waals surface area contributed by atoms with E-state index >= 15 is 0 Å². The molecule has 4 atom stereocenters. The Hall–Kier alpha value is -2.38. The number of ether oxygens (including phenoxy) is 3. The Bertz CT molecular complexity index is 1050. The van der Waals surface area contributed by atoms with Crippen LogP contribution in [0.4, 0.5) is 17.6 Å². The summed E-state index contributed by atoms with van der Waals surface area (Å²) in [5.74, 6) is -4.27. The molecule has 4 rings (SSSR count). The number of aryl methyl sites for hydroxylation is 1. The summed E-state index contributed by atoms with van der Waals surface area (Å²) in [5, 5.41) is 0. The van der Waals surface area contributed by atoms with Crippen LogP contribution >= 0.6 is 0 Å². The fourth-order valence-corrected chi connectivity index (χ4v) is 5.23. The summed E-state index contributed by atoms with van der Waals surface area (Å²) >= 11 is 0. The molecular formula is C29H34F4O3. The van der Waals surface area contributed by atoms with Crippen LogP contribution < -0.4 is 4.74 Å². The van der Waals surface area contributed by atoms with E-state index < -0.39 is 23.3 Å². The smallest absolute Gasteiger partial charge is 0.201 e. The molecule has 0 spiro atoms. The van der Waals surface area contributed by atoms with Crippen LogP contribution in [0, 0.1) is 35.1 Å². The van der Waals surface area contributed by atoms with E-state index in [0.29, 0.717) is 32.0 Å². The van der Waals surface area contributed by atoms with Gasteiger partial charge in [0.05, 0.1) is 25.4 Å². The molecule has 0 saturated carbocycles. The predicted octanol–water partition coefficient (Wildman–Crippen LogP) is 7.41. The van der Waals surface area contributed by atoms with Gasteiger partial charge in [-0.3, -0.25) is 0 Å². The molecule has 0 aliphatic carbocycles. The molecule has 2 aliphatic rings. The summed E-state index contributed by atoms with van der Waals surface area (Å²) in [6.07, 6.45) is 9.51. The maximum atomic E-state index is 14.9. The molecule has 4 unspecified atom stereocenters. The molecule has 7 heteroatoms.